The number of esters is 1. The van der Waals surface area contributed by atoms with Gasteiger partial charge >= 0.3 is 5.97 Å². The van der Waals surface area contributed by atoms with E-state index in [0.717, 1.165) is 6.07 Å². The molecule has 0 spiro atoms. The van der Waals surface area contributed by atoms with Crippen LogP contribution >= 0.6 is 0 Å². The number of ketones is 1. The summed E-state index contributed by atoms with van der Waals surface area (Å²) in [6.07, 6.45) is 0. The second-order valence-corrected chi connectivity index (χ2v) is 5.73. The summed E-state index contributed by atoms with van der Waals surface area (Å²) in [5, 5.41) is 20.0. The number of allylic oxidation sites excluding steroid dienone is 1. The second kappa shape index (κ2) is 8.77. The van der Waals surface area contributed by atoms with Gasteiger partial charge in [-0.2, -0.15) is 5.26 Å². The Labute approximate surface area is 154 Å². The van der Waals surface area contributed by atoms with Gasteiger partial charge in [0.15, 0.2) is 6.61 Å². The van der Waals surface area contributed by atoms with Gasteiger partial charge in [0, 0.05) is 30.9 Å². The summed E-state index contributed by atoms with van der Waals surface area (Å²) in [7, 11) is 0. The molecule has 2 N–H and O–H groups in total. The number of nitrogens with zero attached hydrogens (tertiary/aromatic N) is 3. The van der Waals surface area contributed by atoms with E-state index in [-0.39, 0.29) is 22.5 Å². The van der Waals surface area contributed by atoms with Crippen LogP contribution in [0.3, 0.4) is 0 Å². The van der Waals surface area contributed by atoms with Crippen LogP contribution in [0, 0.1) is 21.4 Å². The molecule has 142 valence electrons. The lowest BCUT2D eigenvalue weighted by molar-refractivity contribution is -0.384. The highest BCUT2D eigenvalue weighted by molar-refractivity contribution is 6.03. The number of hydrogen-bond donors (Lipinski definition) is 1. The number of benzene rings is 1. The standard InChI is InChI=1S/C17H18N4O6/c1-11(19)14(9-18)16(22)10-27-17(23)13-8-12(21(24)25)2-3-15(13)20-4-6-26-7-5-20/h2-3,8H,4-7,10,19H2,1H3. The number of hydrogen-bond acceptors (Lipinski definition) is 9. The quantitative estimate of drug-likeness (QED) is 0.252. The number of rotatable bonds is 6. The summed E-state index contributed by atoms with van der Waals surface area (Å²) in [6, 6.07) is 5.52. The number of Topliss-reactive ketones (excluding diaryl/α,β-unsaturated/α-hetero) is 1. The number of nitriles is 1. The number of nitrogens with two attached hydrogens (primary N) is 1. The molecule has 0 aromatic heterocycles. The number of morpholine rings is 1. The van der Waals surface area contributed by atoms with Crippen molar-refractivity contribution in [3.05, 3.63) is 45.1 Å². The van der Waals surface area contributed by atoms with Crippen molar-refractivity contribution in [2.45, 2.75) is 6.92 Å². The fraction of sp³-hybridized carbons (Fsp3) is 0.353. The molecular formula is C17H18N4O6. The Hall–Kier alpha value is -3.45. The Morgan fingerprint density at radius 1 is 1.41 bits per heavy atom. The fourth-order valence-corrected chi connectivity index (χ4v) is 2.53. The highest BCUT2D eigenvalue weighted by atomic mass is 16.6. The normalized spacial score (nSPS) is 14.7. The Balaban J connectivity index is 2.26. The molecule has 1 saturated heterocycles. The van der Waals surface area contributed by atoms with Gasteiger partial charge in [0.25, 0.3) is 5.69 Å². The zero-order chi connectivity index (χ0) is 20.0. The van der Waals surface area contributed by atoms with Gasteiger partial charge in [0.1, 0.15) is 11.6 Å². The molecule has 0 radical (unpaired) electrons. The molecule has 10 heteroatoms. The highest BCUT2D eigenvalue weighted by Gasteiger charge is 2.24. The maximum absolute atomic E-state index is 12.5. The van der Waals surface area contributed by atoms with E-state index in [1.165, 1.54) is 19.1 Å². The van der Waals surface area contributed by atoms with Crippen molar-refractivity contribution in [3.63, 3.8) is 0 Å². The van der Waals surface area contributed by atoms with Crippen molar-refractivity contribution in [2.75, 3.05) is 37.8 Å². The summed E-state index contributed by atoms with van der Waals surface area (Å²) in [5.41, 5.74) is 5.30. The predicted octanol–water partition coefficient (Wildman–Crippen LogP) is 0.914. The average molecular weight is 374 g/mol. The first kappa shape index (κ1) is 19.9. The zero-order valence-corrected chi connectivity index (χ0v) is 14.6. The van der Waals surface area contributed by atoms with E-state index in [1.807, 2.05) is 4.90 Å². The first-order valence-corrected chi connectivity index (χ1v) is 8.03. The van der Waals surface area contributed by atoms with Crippen LogP contribution in [0.15, 0.2) is 29.5 Å². The van der Waals surface area contributed by atoms with Crippen LogP contribution in [0.25, 0.3) is 0 Å². The van der Waals surface area contributed by atoms with E-state index in [1.54, 1.807) is 6.07 Å². The fourth-order valence-electron chi connectivity index (χ4n) is 2.53. The largest absolute Gasteiger partial charge is 0.454 e. The Kier molecular flexibility index (Phi) is 6.46. The molecule has 1 aliphatic heterocycles. The van der Waals surface area contributed by atoms with Crippen LogP contribution in [0.1, 0.15) is 17.3 Å². The number of non-ortho nitro benzene ring substituents is 1. The van der Waals surface area contributed by atoms with Crippen molar-refractivity contribution in [2.24, 2.45) is 5.73 Å². The Morgan fingerprint density at radius 3 is 2.63 bits per heavy atom. The number of nitro groups is 1. The molecule has 0 atom stereocenters. The zero-order valence-electron chi connectivity index (χ0n) is 14.6. The summed E-state index contributed by atoms with van der Waals surface area (Å²) in [5.74, 6) is -1.65. The van der Waals surface area contributed by atoms with Gasteiger partial charge in [-0.1, -0.05) is 0 Å². The first-order chi connectivity index (χ1) is 12.8. The molecule has 1 aromatic carbocycles. The minimum Gasteiger partial charge on any atom is -0.454 e. The van der Waals surface area contributed by atoms with Crippen molar-refractivity contribution in [1.82, 2.24) is 0 Å². The maximum atomic E-state index is 12.5. The lowest BCUT2D eigenvalue weighted by Gasteiger charge is -2.30. The summed E-state index contributed by atoms with van der Waals surface area (Å²) in [6.45, 7) is 2.61. The summed E-state index contributed by atoms with van der Waals surface area (Å²) >= 11 is 0. The number of nitro benzene ring substituents is 1. The third-order valence-corrected chi connectivity index (χ3v) is 3.88. The van der Waals surface area contributed by atoms with E-state index in [4.69, 9.17) is 20.5 Å². The van der Waals surface area contributed by atoms with E-state index in [0.29, 0.717) is 32.0 Å². The molecule has 0 unspecified atom stereocenters. The third kappa shape index (κ3) is 4.80. The SMILES string of the molecule is CC(N)=C(C#N)C(=O)COC(=O)c1cc([N+](=O)[O-])ccc1N1CCOCC1. The summed E-state index contributed by atoms with van der Waals surface area (Å²) < 4.78 is 10.2. The number of carbonyl (C=O) groups excluding carboxylic acids is 2. The number of ether oxygens (including phenoxy) is 2. The van der Waals surface area contributed by atoms with Crippen LogP contribution in [0.2, 0.25) is 0 Å². The molecule has 10 nitrogen and oxygen atoms in total. The van der Waals surface area contributed by atoms with Crippen molar-refractivity contribution >= 4 is 23.1 Å². The maximum Gasteiger partial charge on any atom is 0.340 e. The molecule has 2 rings (SSSR count). The van der Waals surface area contributed by atoms with Crippen LogP contribution in [0.4, 0.5) is 11.4 Å². The van der Waals surface area contributed by atoms with Crippen LogP contribution in [-0.2, 0) is 14.3 Å². The van der Waals surface area contributed by atoms with Gasteiger partial charge in [0.2, 0.25) is 5.78 Å². The highest BCUT2D eigenvalue weighted by Crippen LogP contribution is 2.27. The van der Waals surface area contributed by atoms with Gasteiger partial charge in [-0.15, -0.1) is 0 Å². The monoisotopic (exact) mass is 374 g/mol. The van der Waals surface area contributed by atoms with Gasteiger partial charge in [-0.3, -0.25) is 14.9 Å². The van der Waals surface area contributed by atoms with E-state index < -0.39 is 23.3 Å². The topological polar surface area (TPSA) is 149 Å². The van der Waals surface area contributed by atoms with E-state index in [2.05, 4.69) is 0 Å². The molecule has 27 heavy (non-hydrogen) atoms. The first-order valence-electron chi connectivity index (χ1n) is 8.03. The molecule has 1 aliphatic rings. The van der Waals surface area contributed by atoms with Gasteiger partial charge in [0.05, 0.1) is 29.4 Å². The lowest BCUT2D eigenvalue weighted by atomic mass is 10.1. The molecule has 1 fully saturated rings. The minimum atomic E-state index is -0.902. The van der Waals surface area contributed by atoms with E-state index >= 15 is 0 Å². The van der Waals surface area contributed by atoms with Crippen molar-refractivity contribution in [1.29, 1.82) is 5.26 Å². The smallest absolute Gasteiger partial charge is 0.340 e. The molecule has 0 saturated carbocycles. The van der Waals surface area contributed by atoms with Crippen LogP contribution in [-0.4, -0.2) is 49.6 Å². The predicted molar refractivity (Wildman–Crippen MR) is 93.9 cm³/mol. The van der Waals surface area contributed by atoms with Gasteiger partial charge in [-0.05, 0) is 13.0 Å². The van der Waals surface area contributed by atoms with Crippen LogP contribution < -0.4 is 10.6 Å². The minimum absolute atomic E-state index is 0.0166. The van der Waals surface area contributed by atoms with Crippen molar-refractivity contribution in [3.8, 4) is 6.07 Å². The molecule has 1 aromatic rings. The van der Waals surface area contributed by atoms with Crippen LogP contribution in [0.5, 0.6) is 0 Å². The molecule has 0 bridgehead atoms. The molecule has 0 amide bonds. The number of anilines is 1. The third-order valence-electron chi connectivity index (χ3n) is 3.88. The number of carbonyl (C=O) groups is 2. The van der Waals surface area contributed by atoms with E-state index in [9.17, 15) is 19.7 Å². The Bertz CT molecular complexity index is 832. The Morgan fingerprint density at radius 2 is 2.07 bits per heavy atom. The van der Waals surface area contributed by atoms with Gasteiger partial charge < -0.3 is 20.1 Å². The second-order valence-electron chi connectivity index (χ2n) is 5.73. The lowest BCUT2D eigenvalue weighted by Crippen LogP contribution is -2.37. The average Bonchev–Trinajstić information content (AvgIpc) is 2.66. The molecule has 0 aliphatic carbocycles. The van der Waals surface area contributed by atoms with Gasteiger partial charge in [-0.25, -0.2) is 4.79 Å². The summed E-state index contributed by atoms with van der Waals surface area (Å²) in [4.78, 5) is 36.7. The molecular weight excluding hydrogens is 356 g/mol. The van der Waals surface area contributed by atoms with Crippen molar-refractivity contribution < 1.29 is 24.0 Å². The molecule has 1 heterocycles.